The molecule has 0 bridgehead atoms. The Hall–Kier alpha value is 0.403. The molecule has 5 heteroatoms. The third-order valence-electron chi connectivity index (χ3n) is 0.550. The molecule has 1 atom stereocenters. The summed E-state index contributed by atoms with van der Waals surface area (Å²) in [7, 11) is 0. The molecule has 1 unspecified atom stereocenters. The van der Waals surface area contributed by atoms with E-state index in [4.69, 9.17) is 5.11 Å². The number of aliphatic carboxylic acids is 1. The van der Waals surface area contributed by atoms with Crippen LogP contribution in [0.3, 0.4) is 0 Å². The van der Waals surface area contributed by atoms with Crippen LogP contribution in [0.5, 0.6) is 0 Å². The first-order valence-corrected chi connectivity index (χ1v) is 2.40. The van der Waals surface area contributed by atoms with Gasteiger partial charge in [0, 0.05) is 19.5 Å². The second-order valence-corrected chi connectivity index (χ2v) is 1.54. The number of carbonyl (C=O) groups is 1. The van der Waals surface area contributed by atoms with Crippen molar-refractivity contribution in [1.29, 1.82) is 0 Å². The van der Waals surface area contributed by atoms with Crippen LogP contribution in [0.25, 0.3) is 0 Å². The van der Waals surface area contributed by atoms with Gasteiger partial charge in [0.1, 0.15) is 0 Å². The fourth-order valence-corrected chi connectivity index (χ4v) is 0.214. The number of carboxylic acid groups (broad SMARTS) is 1. The van der Waals surface area contributed by atoms with Crippen molar-refractivity contribution in [1.82, 2.24) is 0 Å². The third kappa shape index (κ3) is 4.56. The summed E-state index contributed by atoms with van der Waals surface area (Å²) in [6.07, 6.45) is 0. The monoisotopic (exact) mass is 185 g/mol. The molecule has 4 N–H and O–H groups in total. The standard InChI is InChI=1S/C3H7NO2S.Zn/c4-2(1-7)3(5)6;/h2,7H,1,4H2,(H,5,6);. The van der Waals surface area contributed by atoms with Gasteiger partial charge in [-0.1, -0.05) is 0 Å². The molecule has 3 nitrogen and oxygen atoms in total. The average Bonchev–Trinajstić information content (AvgIpc) is 1.65. The van der Waals surface area contributed by atoms with Crippen LogP contribution < -0.4 is 5.73 Å². The summed E-state index contributed by atoms with van der Waals surface area (Å²) < 4.78 is 0. The third-order valence-corrected chi connectivity index (χ3v) is 0.953. The van der Waals surface area contributed by atoms with E-state index in [9.17, 15) is 4.79 Å². The van der Waals surface area contributed by atoms with E-state index in [1.54, 1.807) is 0 Å². The van der Waals surface area contributed by atoms with E-state index < -0.39 is 12.0 Å². The summed E-state index contributed by atoms with van der Waals surface area (Å²) in [6.45, 7) is 0. The molecule has 0 saturated heterocycles. The molecule has 0 aromatic carbocycles. The van der Waals surface area contributed by atoms with Crippen molar-refractivity contribution < 1.29 is 35.1 Å². The van der Waals surface area contributed by atoms with E-state index in [1.165, 1.54) is 0 Å². The molecule has 0 aliphatic heterocycles. The summed E-state index contributed by atoms with van der Waals surface area (Å²) in [5.74, 6) is -0.731. The van der Waals surface area contributed by atoms with E-state index >= 15 is 0 Å². The van der Waals surface area contributed by atoms with Crippen LogP contribution in [0.1, 0.15) is 0 Å². The minimum Gasteiger partial charge on any atom is -0.786 e. The molecule has 0 rings (SSSR count). The van der Waals surface area contributed by atoms with Gasteiger partial charge in [-0.15, -0.1) is 5.75 Å². The van der Waals surface area contributed by atoms with Crippen molar-refractivity contribution in [2.45, 2.75) is 6.04 Å². The van der Waals surface area contributed by atoms with E-state index in [2.05, 4.69) is 18.4 Å². The molecular weight excluding hydrogens is 179 g/mol. The topological polar surface area (TPSA) is 64.9 Å². The zero-order chi connectivity index (χ0) is 5.86. The van der Waals surface area contributed by atoms with Gasteiger partial charge in [0.2, 0.25) is 0 Å². The molecule has 0 heterocycles. The van der Waals surface area contributed by atoms with Gasteiger partial charge in [0.05, 0.1) is 0 Å². The zero-order valence-electron chi connectivity index (χ0n) is 4.46. The molecule has 0 amide bonds. The number of carboxylic acids is 1. The van der Waals surface area contributed by atoms with Crippen LogP contribution in [-0.2, 0) is 36.9 Å². The molecule has 0 aliphatic rings. The normalized spacial score (nSPS) is 11.8. The molecular formula is C3H7NO2SZn. The van der Waals surface area contributed by atoms with Crippen molar-refractivity contribution >= 4 is 18.6 Å². The van der Waals surface area contributed by atoms with Crippen LogP contribution in [-0.4, -0.2) is 22.9 Å². The van der Waals surface area contributed by atoms with Crippen molar-refractivity contribution in [2.75, 3.05) is 5.75 Å². The quantitative estimate of drug-likeness (QED) is 0.396. The second-order valence-electron chi connectivity index (χ2n) is 1.20. The van der Waals surface area contributed by atoms with Gasteiger partial charge in [0.15, 0.2) is 6.04 Å². The fraction of sp³-hybridized carbons (Fsp3) is 0.667. The summed E-state index contributed by atoms with van der Waals surface area (Å²) in [5.41, 5.74) is 3.25. The van der Waals surface area contributed by atoms with Crippen molar-refractivity contribution in [2.24, 2.45) is 0 Å². The van der Waals surface area contributed by atoms with Crippen molar-refractivity contribution in [3.63, 3.8) is 0 Å². The zero-order valence-corrected chi connectivity index (χ0v) is 8.25. The molecule has 44 valence electrons. The van der Waals surface area contributed by atoms with E-state index in [-0.39, 0.29) is 25.2 Å². The van der Waals surface area contributed by atoms with Gasteiger partial charge >= 0.3 is 5.97 Å². The summed E-state index contributed by atoms with van der Waals surface area (Å²) in [5, 5.41) is 8.05. The minimum atomic E-state index is -0.921. The maximum absolute atomic E-state index is 9.80. The summed E-state index contributed by atoms with van der Waals surface area (Å²) in [6, 6.07) is -0.616. The number of hydrogen-bond donors (Lipinski definition) is 2. The van der Waals surface area contributed by atoms with Crippen LogP contribution in [0, 0.1) is 0 Å². The first-order chi connectivity index (χ1) is 3.18. The molecule has 0 aromatic heterocycles. The molecule has 0 fully saturated rings. The second kappa shape index (κ2) is 5.54. The first kappa shape index (κ1) is 11.2. The Morgan fingerprint density at radius 2 is 2.25 bits per heavy atom. The number of rotatable bonds is 2. The SMILES string of the molecule is [NH3+]C(C[S-])C(=O)O.[Zn]. The number of hydrogen-bond acceptors (Lipinski definition) is 2. The summed E-state index contributed by atoms with van der Waals surface area (Å²) in [4.78, 5) is 9.80. The first-order valence-electron chi connectivity index (χ1n) is 1.82. The van der Waals surface area contributed by atoms with Gasteiger partial charge in [-0.25, -0.2) is 4.79 Å². The van der Waals surface area contributed by atoms with Crippen molar-refractivity contribution in [3.8, 4) is 0 Å². The molecule has 0 spiro atoms. The average molecular weight is 187 g/mol. The Labute approximate surface area is 65.8 Å². The molecule has 0 aromatic rings. The maximum atomic E-state index is 9.80. The predicted octanol–water partition coefficient (Wildman–Crippen LogP) is -1.77. The maximum Gasteiger partial charge on any atom is 0.360 e. The Kier molecular flexibility index (Phi) is 7.78. The molecule has 0 aliphatic carbocycles. The molecule has 0 saturated carbocycles. The van der Waals surface area contributed by atoms with Gasteiger partial charge in [0.25, 0.3) is 0 Å². The fourth-order valence-electron chi connectivity index (χ4n) is 0.0713. The van der Waals surface area contributed by atoms with Crippen LogP contribution in [0.2, 0.25) is 0 Å². The van der Waals surface area contributed by atoms with Crippen molar-refractivity contribution in [3.05, 3.63) is 0 Å². The Morgan fingerprint density at radius 3 is 2.25 bits per heavy atom. The molecule has 8 heavy (non-hydrogen) atoms. The van der Waals surface area contributed by atoms with Gasteiger partial charge in [-0.05, 0) is 0 Å². The van der Waals surface area contributed by atoms with E-state index in [1.807, 2.05) is 0 Å². The van der Waals surface area contributed by atoms with E-state index in [0.29, 0.717) is 0 Å². The Morgan fingerprint density at radius 1 is 1.88 bits per heavy atom. The van der Waals surface area contributed by atoms with Crippen LogP contribution >= 0.6 is 0 Å². The van der Waals surface area contributed by atoms with Gasteiger partial charge in [-0.2, -0.15) is 0 Å². The minimum absolute atomic E-state index is 0. The molecule has 0 radical (unpaired) electrons. The van der Waals surface area contributed by atoms with Crippen LogP contribution in [0.15, 0.2) is 0 Å². The largest absolute Gasteiger partial charge is 0.786 e. The van der Waals surface area contributed by atoms with Gasteiger partial charge < -0.3 is 23.5 Å². The smallest absolute Gasteiger partial charge is 0.360 e. The predicted molar refractivity (Wildman–Crippen MR) is 26.5 cm³/mol. The Balaban J connectivity index is 0. The number of quaternary nitrogens is 1. The Bertz CT molecular complexity index is 79.7. The van der Waals surface area contributed by atoms with E-state index in [0.717, 1.165) is 0 Å². The van der Waals surface area contributed by atoms with Crippen LogP contribution in [0.4, 0.5) is 0 Å². The van der Waals surface area contributed by atoms with Gasteiger partial charge in [-0.3, -0.25) is 0 Å². The summed E-state index contributed by atoms with van der Waals surface area (Å²) >= 11 is 4.41.